The van der Waals surface area contributed by atoms with Crippen molar-refractivity contribution < 1.29 is 19.4 Å². The summed E-state index contributed by atoms with van der Waals surface area (Å²) in [5.74, 6) is -0.125. The minimum atomic E-state index is -0.925. The molecule has 2 atom stereocenters. The zero-order chi connectivity index (χ0) is 12.3. The average molecular weight is 237 g/mol. The van der Waals surface area contributed by atoms with Crippen LogP contribution in [0.25, 0.3) is 0 Å². The minimum Gasteiger partial charge on any atom is -0.497 e. The molecule has 92 valence electrons. The molecule has 0 radical (unpaired) electrons. The van der Waals surface area contributed by atoms with Crippen molar-refractivity contribution in [3.63, 3.8) is 0 Å². The molecule has 2 unspecified atom stereocenters. The number of rotatable bonds is 3. The average Bonchev–Trinajstić information content (AvgIpc) is 2.39. The van der Waals surface area contributed by atoms with Gasteiger partial charge in [-0.3, -0.25) is 0 Å². The van der Waals surface area contributed by atoms with E-state index in [1.807, 2.05) is 24.3 Å². The normalized spacial score (nSPS) is 24.3. The van der Waals surface area contributed by atoms with E-state index in [-0.39, 0.29) is 6.04 Å². The molecular formula is C12H15NO4. The van der Waals surface area contributed by atoms with E-state index in [4.69, 9.17) is 14.6 Å². The third-order valence-electron chi connectivity index (χ3n) is 2.81. The summed E-state index contributed by atoms with van der Waals surface area (Å²) in [6.07, 6.45) is -0.746. The highest BCUT2D eigenvalue weighted by atomic mass is 16.5. The minimum absolute atomic E-state index is 0.0384. The molecule has 1 aromatic rings. The number of hydrogen-bond donors (Lipinski definition) is 2. The maximum Gasteiger partial charge on any atom is 0.334 e. The highest BCUT2D eigenvalue weighted by molar-refractivity contribution is 5.72. The maximum atomic E-state index is 10.7. The van der Waals surface area contributed by atoms with Crippen molar-refractivity contribution in [2.45, 2.75) is 12.1 Å². The second kappa shape index (κ2) is 5.16. The molecule has 0 aromatic heterocycles. The predicted molar refractivity (Wildman–Crippen MR) is 61.1 cm³/mol. The fraction of sp³-hybridized carbons (Fsp3) is 0.417. The standard InChI is InChI=1S/C12H15NO4/c1-16-9-4-2-8(3-5-9)10-7-17-11(6-13-10)12(14)15/h2-5,10-11,13H,6-7H2,1H3,(H,14,15). The van der Waals surface area contributed by atoms with Gasteiger partial charge in [-0.25, -0.2) is 4.79 Å². The third-order valence-corrected chi connectivity index (χ3v) is 2.81. The third kappa shape index (κ3) is 2.75. The van der Waals surface area contributed by atoms with Gasteiger partial charge in [0, 0.05) is 6.54 Å². The summed E-state index contributed by atoms with van der Waals surface area (Å²) in [6, 6.07) is 7.68. The highest BCUT2D eigenvalue weighted by Crippen LogP contribution is 2.20. The van der Waals surface area contributed by atoms with Crippen LogP contribution in [0.2, 0.25) is 0 Å². The van der Waals surface area contributed by atoms with Crippen LogP contribution in [0, 0.1) is 0 Å². The van der Waals surface area contributed by atoms with Gasteiger partial charge in [0.15, 0.2) is 6.10 Å². The molecule has 5 heteroatoms. The molecule has 0 saturated carbocycles. The number of aliphatic carboxylic acids is 1. The lowest BCUT2D eigenvalue weighted by molar-refractivity contribution is -0.153. The summed E-state index contributed by atoms with van der Waals surface area (Å²) in [6.45, 7) is 0.690. The van der Waals surface area contributed by atoms with E-state index in [0.717, 1.165) is 11.3 Å². The molecule has 0 amide bonds. The van der Waals surface area contributed by atoms with Crippen molar-refractivity contribution in [1.29, 1.82) is 0 Å². The van der Waals surface area contributed by atoms with Gasteiger partial charge in [0.05, 0.1) is 19.8 Å². The van der Waals surface area contributed by atoms with E-state index in [9.17, 15) is 4.79 Å². The van der Waals surface area contributed by atoms with Crippen molar-refractivity contribution in [1.82, 2.24) is 5.32 Å². The predicted octanol–water partition coefficient (Wildman–Crippen LogP) is 0.809. The Morgan fingerprint density at radius 2 is 2.18 bits per heavy atom. The zero-order valence-corrected chi connectivity index (χ0v) is 9.55. The van der Waals surface area contributed by atoms with Crippen molar-refractivity contribution in [2.24, 2.45) is 0 Å². The quantitative estimate of drug-likeness (QED) is 0.814. The van der Waals surface area contributed by atoms with E-state index >= 15 is 0 Å². The highest BCUT2D eigenvalue weighted by Gasteiger charge is 2.26. The van der Waals surface area contributed by atoms with E-state index in [0.29, 0.717) is 13.2 Å². The molecule has 1 fully saturated rings. The Bertz CT molecular complexity index is 382. The molecule has 1 aromatic carbocycles. The second-order valence-corrected chi connectivity index (χ2v) is 3.89. The number of morpholine rings is 1. The van der Waals surface area contributed by atoms with Gasteiger partial charge in [0.25, 0.3) is 0 Å². The van der Waals surface area contributed by atoms with Crippen LogP contribution in [-0.4, -0.2) is 37.4 Å². The zero-order valence-electron chi connectivity index (χ0n) is 9.55. The summed E-state index contributed by atoms with van der Waals surface area (Å²) >= 11 is 0. The van der Waals surface area contributed by atoms with Gasteiger partial charge in [-0.2, -0.15) is 0 Å². The van der Waals surface area contributed by atoms with Gasteiger partial charge >= 0.3 is 5.97 Å². The maximum absolute atomic E-state index is 10.7. The van der Waals surface area contributed by atoms with Gasteiger partial charge in [0.1, 0.15) is 5.75 Å². The molecule has 17 heavy (non-hydrogen) atoms. The summed E-state index contributed by atoms with van der Waals surface area (Å²) in [5, 5.41) is 11.9. The Kier molecular flexibility index (Phi) is 3.61. The molecule has 2 N–H and O–H groups in total. The summed E-state index contributed by atoms with van der Waals surface area (Å²) in [5.41, 5.74) is 1.06. The van der Waals surface area contributed by atoms with Crippen LogP contribution in [0.3, 0.4) is 0 Å². The molecule has 0 bridgehead atoms. The van der Waals surface area contributed by atoms with E-state index in [1.54, 1.807) is 7.11 Å². The number of carbonyl (C=O) groups is 1. The second-order valence-electron chi connectivity index (χ2n) is 3.89. The van der Waals surface area contributed by atoms with Crippen molar-refractivity contribution in [3.8, 4) is 5.75 Å². The van der Waals surface area contributed by atoms with Gasteiger partial charge in [-0.05, 0) is 17.7 Å². The Labute approximate surface area is 99.3 Å². The topological polar surface area (TPSA) is 67.8 Å². The first-order valence-corrected chi connectivity index (χ1v) is 5.42. The number of carboxylic acid groups (broad SMARTS) is 1. The molecule has 0 spiro atoms. The fourth-order valence-corrected chi connectivity index (χ4v) is 1.79. The molecule has 0 aliphatic carbocycles. The number of hydrogen-bond acceptors (Lipinski definition) is 4. The largest absolute Gasteiger partial charge is 0.497 e. The first-order valence-electron chi connectivity index (χ1n) is 5.42. The van der Waals surface area contributed by atoms with E-state index < -0.39 is 12.1 Å². The molecule has 2 rings (SSSR count). The molecule has 1 aliphatic heterocycles. The van der Waals surface area contributed by atoms with Crippen molar-refractivity contribution >= 4 is 5.97 Å². The van der Waals surface area contributed by atoms with Gasteiger partial charge in [-0.15, -0.1) is 0 Å². The lowest BCUT2D eigenvalue weighted by atomic mass is 10.1. The lowest BCUT2D eigenvalue weighted by Crippen LogP contribution is -2.44. The van der Waals surface area contributed by atoms with Crippen LogP contribution in [0.1, 0.15) is 11.6 Å². The smallest absolute Gasteiger partial charge is 0.334 e. The molecule has 1 saturated heterocycles. The summed E-state index contributed by atoms with van der Waals surface area (Å²) in [4.78, 5) is 10.7. The summed E-state index contributed by atoms with van der Waals surface area (Å²) < 4.78 is 10.3. The Hall–Kier alpha value is -1.59. The molecule has 5 nitrogen and oxygen atoms in total. The SMILES string of the molecule is COc1ccc(C2COC(C(=O)O)CN2)cc1. The van der Waals surface area contributed by atoms with E-state index in [1.165, 1.54) is 0 Å². The van der Waals surface area contributed by atoms with Crippen LogP contribution < -0.4 is 10.1 Å². The Morgan fingerprint density at radius 1 is 1.47 bits per heavy atom. The molecule has 1 aliphatic rings. The van der Waals surface area contributed by atoms with Crippen LogP contribution in [-0.2, 0) is 9.53 Å². The number of ether oxygens (including phenoxy) is 2. The first kappa shape index (κ1) is 11.9. The van der Waals surface area contributed by atoms with Crippen LogP contribution >= 0.6 is 0 Å². The molecule has 1 heterocycles. The lowest BCUT2D eigenvalue weighted by Gasteiger charge is -2.28. The van der Waals surface area contributed by atoms with Gasteiger partial charge in [0.2, 0.25) is 0 Å². The van der Waals surface area contributed by atoms with Crippen LogP contribution in [0.5, 0.6) is 5.75 Å². The van der Waals surface area contributed by atoms with Crippen molar-refractivity contribution in [2.75, 3.05) is 20.3 Å². The molecular weight excluding hydrogens is 222 g/mol. The first-order chi connectivity index (χ1) is 8.20. The van der Waals surface area contributed by atoms with Crippen LogP contribution in [0.4, 0.5) is 0 Å². The number of carboxylic acids is 1. The Morgan fingerprint density at radius 3 is 2.65 bits per heavy atom. The van der Waals surface area contributed by atoms with Gasteiger partial charge in [-0.1, -0.05) is 12.1 Å². The fourth-order valence-electron chi connectivity index (χ4n) is 1.79. The number of benzene rings is 1. The van der Waals surface area contributed by atoms with Crippen molar-refractivity contribution in [3.05, 3.63) is 29.8 Å². The number of nitrogens with one attached hydrogen (secondary N) is 1. The van der Waals surface area contributed by atoms with E-state index in [2.05, 4.69) is 5.32 Å². The summed E-state index contributed by atoms with van der Waals surface area (Å²) in [7, 11) is 1.62. The van der Waals surface area contributed by atoms with Crippen LogP contribution in [0.15, 0.2) is 24.3 Å². The monoisotopic (exact) mass is 237 g/mol. The Balaban J connectivity index is 1.97. The number of methoxy groups -OCH3 is 1. The van der Waals surface area contributed by atoms with Gasteiger partial charge < -0.3 is 19.9 Å².